The van der Waals surface area contributed by atoms with Crippen molar-refractivity contribution in [2.24, 2.45) is 10.9 Å². The summed E-state index contributed by atoms with van der Waals surface area (Å²) in [5.74, 6) is 1.51. The Morgan fingerprint density at radius 2 is 2.00 bits per heavy atom. The molecule has 7 heteroatoms. The van der Waals surface area contributed by atoms with Crippen molar-refractivity contribution < 1.29 is 4.79 Å². The highest BCUT2D eigenvalue weighted by atomic mass is 35.5. The van der Waals surface area contributed by atoms with Crippen LogP contribution in [0.1, 0.15) is 31.7 Å². The van der Waals surface area contributed by atoms with E-state index in [1.54, 1.807) is 0 Å². The van der Waals surface area contributed by atoms with Gasteiger partial charge in [0.05, 0.1) is 6.54 Å². The highest BCUT2D eigenvalue weighted by molar-refractivity contribution is 6.30. The molecule has 28 heavy (non-hydrogen) atoms. The summed E-state index contributed by atoms with van der Waals surface area (Å²) in [5, 5.41) is 7.43. The van der Waals surface area contributed by atoms with Crippen LogP contribution in [0.25, 0.3) is 0 Å². The summed E-state index contributed by atoms with van der Waals surface area (Å²) >= 11 is 6.04. The first-order valence-corrected chi connectivity index (χ1v) is 10.8. The van der Waals surface area contributed by atoms with Crippen molar-refractivity contribution in [1.29, 1.82) is 0 Å². The molecular weight excluding hydrogens is 374 g/mol. The zero-order valence-electron chi connectivity index (χ0n) is 16.8. The summed E-state index contributed by atoms with van der Waals surface area (Å²) in [6, 6.07) is 7.79. The number of piperazine rings is 1. The second kappa shape index (κ2) is 10.7. The van der Waals surface area contributed by atoms with E-state index < -0.39 is 0 Å². The van der Waals surface area contributed by atoms with Crippen molar-refractivity contribution in [3.05, 3.63) is 34.9 Å². The SMILES string of the molecule is CCNC(=NCc1cccc(Cl)c1)NCCN1CCN(C(=O)C2CCC2)CC1. The van der Waals surface area contributed by atoms with E-state index in [9.17, 15) is 4.79 Å². The standard InChI is InChI=1S/C21H32ClN5O/c1-2-23-21(25-16-17-5-3-8-19(22)15-17)24-9-10-26-11-13-27(14-12-26)20(28)18-6-4-7-18/h3,5,8,15,18H,2,4,6-7,9-14,16H2,1H3,(H2,23,24,25). The summed E-state index contributed by atoms with van der Waals surface area (Å²) in [7, 11) is 0. The van der Waals surface area contributed by atoms with Gasteiger partial charge in [0.1, 0.15) is 0 Å². The molecule has 1 aliphatic heterocycles. The molecule has 1 aromatic carbocycles. The first-order chi connectivity index (χ1) is 13.7. The van der Waals surface area contributed by atoms with Gasteiger partial charge in [0.2, 0.25) is 5.91 Å². The van der Waals surface area contributed by atoms with Gasteiger partial charge in [-0.3, -0.25) is 9.69 Å². The molecule has 0 radical (unpaired) electrons. The minimum absolute atomic E-state index is 0.312. The van der Waals surface area contributed by atoms with Crippen molar-refractivity contribution in [3.63, 3.8) is 0 Å². The molecule has 2 N–H and O–H groups in total. The minimum Gasteiger partial charge on any atom is -0.357 e. The molecule has 154 valence electrons. The van der Waals surface area contributed by atoms with Gasteiger partial charge in [0.15, 0.2) is 5.96 Å². The number of aliphatic imine (C=N–C) groups is 1. The van der Waals surface area contributed by atoms with Crippen molar-refractivity contribution in [3.8, 4) is 0 Å². The van der Waals surface area contributed by atoms with Crippen LogP contribution in [0.5, 0.6) is 0 Å². The predicted molar refractivity (Wildman–Crippen MR) is 115 cm³/mol. The molecule has 1 aromatic rings. The second-order valence-electron chi connectivity index (χ2n) is 7.55. The van der Waals surface area contributed by atoms with Gasteiger partial charge in [-0.05, 0) is 37.5 Å². The summed E-state index contributed by atoms with van der Waals surface area (Å²) < 4.78 is 0. The second-order valence-corrected chi connectivity index (χ2v) is 7.98. The molecule has 0 atom stereocenters. The number of nitrogens with zero attached hydrogens (tertiary/aromatic N) is 3. The molecule has 0 bridgehead atoms. The topological polar surface area (TPSA) is 60.0 Å². The van der Waals surface area contributed by atoms with E-state index in [2.05, 4.69) is 32.3 Å². The fourth-order valence-corrected chi connectivity index (χ4v) is 3.80. The van der Waals surface area contributed by atoms with E-state index in [0.29, 0.717) is 18.4 Å². The Balaban J connectivity index is 1.38. The van der Waals surface area contributed by atoms with E-state index in [1.807, 2.05) is 24.3 Å². The highest BCUT2D eigenvalue weighted by Crippen LogP contribution is 2.28. The molecule has 0 unspecified atom stereocenters. The molecule has 2 aliphatic rings. The zero-order valence-corrected chi connectivity index (χ0v) is 17.5. The van der Waals surface area contributed by atoms with Gasteiger partial charge in [-0.25, -0.2) is 4.99 Å². The molecule has 0 aromatic heterocycles. The third-order valence-electron chi connectivity index (χ3n) is 5.51. The van der Waals surface area contributed by atoms with Gasteiger partial charge >= 0.3 is 0 Å². The lowest BCUT2D eigenvalue weighted by Crippen LogP contribution is -2.52. The van der Waals surface area contributed by atoms with Crippen molar-refractivity contribution in [1.82, 2.24) is 20.4 Å². The van der Waals surface area contributed by atoms with E-state index >= 15 is 0 Å². The van der Waals surface area contributed by atoms with Crippen LogP contribution in [0.2, 0.25) is 5.02 Å². The molecule has 6 nitrogen and oxygen atoms in total. The zero-order chi connectivity index (χ0) is 19.8. The number of guanidine groups is 1. The van der Waals surface area contributed by atoms with Crippen LogP contribution >= 0.6 is 11.6 Å². The number of halogens is 1. The van der Waals surface area contributed by atoms with Crippen LogP contribution in [0.4, 0.5) is 0 Å². The Hall–Kier alpha value is -1.79. The highest BCUT2D eigenvalue weighted by Gasteiger charge is 2.30. The largest absolute Gasteiger partial charge is 0.357 e. The average molecular weight is 406 g/mol. The van der Waals surface area contributed by atoms with Gasteiger partial charge in [-0.15, -0.1) is 0 Å². The lowest BCUT2D eigenvalue weighted by Gasteiger charge is -2.38. The molecule has 1 saturated heterocycles. The number of nitrogens with one attached hydrogen (secondary N) is 2. The fourth-order valence-electron chi connectivity index (χ4n) is 3.59. The Morgan fingerprint density at radius 3 is 2.64 bits per heavy atom. The maximum Gasteiger partial charge on any atom is 0.225 e. The van der Waals surface area contributed by atoms with Crippen LogP contribution < -0.4 is 10.6 Å². The van der Waals surface area contributed by atoms with Crippen LogP contribution in [-0.4, -0.2) is 67.5 Å². The van der Waals surface area contributed by atoms with Crippen LogP contribution in [-0.2, 0) is 11.3 Å². The molecular formula is C21H32ClN5O. The van der Waals surface area contributed by atoms with Crippen LogP contribution in [0, 0.1) is 5.92 Å². The third kappa shape index (κ3) is 6.11. The molecule has 1 saturated carbocycles. The van der Waals surface area contributed by atoms with E-state index in [-0.39, 0.29) is 0 Å². The minimum atomic E-state index is 0.312. The molecule has 0 spiro atoms. The average Bonchev–Trinajstić information content (AvgIpc) is 2.65. The Kier molecular flexibility index (Phi) is 7.98. The number of carbonyl (C=O) groups is 1. The number of rotatable bonds is 7. The van der Waals surface area contributed by atoms with E-state index in [4.69, 9.17) is 11.6 Å². The number of hydrogen-bond donors (Lipinski definition) is 2. The first-order valence-electron chi connectivity index (χ1n) is 10.4. The molecule has 2 fully saturated rings. The van der Waals surface area contributed by atoms with E-state index in [1.165, 1.54) is 6.42 Å². The summed E-state index contributed by atoms with van der Waals surface area (Å²) in [4.78, 5) is 21.5. The summed E-state index contributed by atoms with van der Waals surface area (Å²) in [6.45, 7) is 8.89. The predicted octanol–water partition coefficient (Wildman–Crippen LogP) is 2.34. The van der Waals surface area contributed by atoms with E-state index in [0.717, 1.165) is 75.2 Å². The smallest absolute Gasteiger partial charge is 0.225 e. The lowest BCUT2D eigenvalue weighted by atomic mass is 9.84. The van der Waals surface area contributed by atoms with Crippen LogP contribution in [0.3, 0.4) is 0 Å². The number of amides is 1. The quantitative estimate of drug-likeness (QED) is 0.540. The van der Waals surface area contributed by atoms with Gasteiger partial charge < -0.3 is 15.5 Å². The number of carbonyl (C=O) groups excluding carboxylic acids is 1. The van der Waals surface area contributed by atoms with Gasteiger partial charge in [0, 0.05) is 56.8 Å². The molecule has 1 aliphatic carbocycles. The molecule has 1 heterocycles. The van der Waals surface area contributed by atoms with Crippen LogP contribution in [0.15, 0.2) is 29.3 Å². The lowest BCUT2D eigenvalue weighted by molar-refractivity contribution is -0.139. The Morgan fingerprint density at radius 1 is 1.21 bits per heavy atom. The molecule has 3 rings (SSSR count). The van der Waals surface area contributed by atoms with Crippen molar-refractivity contribution in [2.45, 2.75) is 32.7 Å². The van der Waals surface area contributed by atoms with Gasteiger partial charge in [0.25, 0.3) is 0 Å². The number of benzene rings is 1. The van der Waals surface area contributed by atoms with Gasteiger partial charge in [-0.1, -0.05) is 30.2 Å². The van der Waals surface area contributed by atoms with Crippen molar-refractivity contribution in [2.75, 3.05) is 45.8 Å². The van der Waals surface area contributed by atoms with Gasteiger partial charge in [-0.2, -0.15) is 0 Å². The molecule has 1 amide bonds. The maximum atomic E-state index is 12.3. The normalized spacial score (nSPS) is 18.6. The number of hydrogen-bond acceptors (Lipinski definition) is 3. The monoisotopic (exact) mass is 405 g/mol. The third-order valence-corrected chi connectivity index (χ3v) is 5.75. The Bertz CT molecular complexity index is 669. The first kappa shape index (κ1) is 20.9. The van der Waals surface area contributed by atoms with Crippen molar-refractivity contribution >= 4 is 23.5 Å². The fraction of sp³-hybridized carbons (Fsp3) is 0.619. The maximum absolute atomic E-state index is 12.3. The Labute approximate surface area is 173 Å². The summed E-state index contributed by atoms with van der Waals surface area (Å²) in [6.07, 6.45) is 3.39. The summed E-state index contributed by atoms with van der Waals surface area (Å²) in [5.41, 5.74) is 1.09.